The van der Waals surface area contributed by atoms with Gasteiger partial charge < -0.3 is 0 Å². The third kappa shape index (κ3) is 1.81. The predicted molar refractivity (Wildman–Crippen MR) is 81.0 cm³/mol. The van der Waals surface area contributed by atoms with Crippen molar-refractivity contribution < 1.29 is 4.79 Å². The van der Waals surface area contributed by atoms with E-state index < -0.39 is 0 Å². The van der Waals surface area contributed by atoms with Crippen molar-refractivity contribution in [1.82, 2.24) is 3.97 Å². The topological polar surface area (TPSA) is 22.0 Å². The summed E-state index contributed by atoms with van der Waals surface area (Å²) in [4.78, 5) is 11.4. The minimum atomic E-state index is 0.619. The molecule has 1 fully saturated rings. The van der Waals surface area contributed by atoms with E-state index >= 15 is 0 Å². The molecule has 1 aliphatic carbocycles. The number of hydrogen-bond acceptors (Lipinski definition) is 2. The molecule has 0 radical (unpaired) electrons. The SMILES string of the molecule is Cc1cc(C2CC2)c(C=O)c2ccn(SI)c12. The molecule has 2 nitrogen and oxygen atoms in total. The van der Waals surface area contributed by atoms with E-state index in [9.17, 15) is 4.79 Å². The Morgan fingerprint density at radius 2 is 2.29 bits per heavy atom. The molecule has 0 atom stereocenters. The van der Waals surface area contributed by atoms with Crippen LogP contribution in [0.15, 0.2) is 18.3 Å². The molecule has 0 saturated heterocycles. The molecule has 1 aromatic carbocycles. The normalized spacial score (nSPS) is 15.4. The Labute approximate surface area is 116 Å². The van der Waals surface area contributed by atoms with Crippen LogP contribution in [0, 0.1) is 6.92 Å². The summed E-state index contributed by atoms with van der Waals surface area (Å²) in [5.74, 6) is 0.619. The van der Waals surface area contributed by atoms with E-state index in [1.165, 1.54) is 29.5 Å². The Morgan fingerprint density at radius 3 is 2.88 bits per heavy atom. The molecule has 4 heteroatoms. The highest BCUT2D eigenvalue weighted by Crippen LogP contribution is 2.44. The number of nitrogens with zero attached hydrogens (tertiary/aromatic N) is 1. The van der Waals surface area contributed by atoms with Crippen molar-refractivity contribution >= 4 is 47.5 Å². The zero-order chi connectivity index (χ0) is 12.0. The van der Waals surface area contributed by atoms with Crippen LogP contribution in [0.3, 0.4) is 0 Å². The van der Waals surface area contributed by atoms with Gasteiger partial charge in [-0.2, -0.15) is 0 Å². The van der Waals surface area contributed by atoms with Crippen LogP contribution in [0.25, 0.3) is 10.9 Å². The number of aromatic nitrogens is 1. The third-order valence-electron chi connectivity index (χ3n) is 3.41. The van der Waals surface area contributed by atoms with Crippen LogP contribution in [-0.2, 0) is 0 Å². The fourth-order valence-corrected chi connectivity index (χ4v) is 3.88. The first-order valence-corrected chi connectivity index (χ1v) is 8.96. The summed E-state index contributed by atoms with van der Waals surface area (Å²) in [5.41, 5.74) is 4.59. The highest BCUT2D eigenvalue weighted by atomic mass is 127. The monoisotopic (exact) mass is 357 g/mol. The van der Waals surface area contributed by atoms with Crippen molar-refractivity contribution in [3.8, 4) is 0 Å². The van der Waals surface area contributed by atoms with Crippen molar-refractivity contribution in [2.45, 2.75) is 25.7 Å². The van der Waals surface area contributed by atoms with Crippen molar-refractivity contribution in [2.75, 3.05) is 0 Å². The second-order valence-electron chi connectivity index (χ2n) is 4.56. The van der Waals surface area contributed by atoms with Crippen LogP contribution in [0.4, 0.5) is 0 Å². The van der Waals surface area contributed by atoms with E-state index in [1.54, 1.807) is 9.12 Å². The summed E-state index contributed by atoms with van der Waals surface area (Å²) >= 11 is 2.26. The van der Waals surface area contributed by atoms with Gasteiger partial charge in [-0.3, -0.25) is 8.77 Å². The number of fused-ring (bicyclic) bond motifs is 1. The van der Waals surface area contributed by atoms with Gasteiger partial charge in [0.1, 0.15) is 0 Å². The Bertz CT molecular complexity index is 601. The van der Waals surface area contributed by atoms with Crippen LogP contribution in [0.5, 0.6) is 0 Å². The molecule has 0 N–H and O–H groups in total. The summed E-state index contributed by atoms with van der Waals surface area (Å²) in [6.45, 7) is 2.13. The van der Waals surface area contributed by atoms with Gasteiger partial charge in [0, 0.05) is 47.5 Å². The molecular formula is C13H12INOS. The van der Waals surface area contributed by atoms with Crippen LogP contribution >= 0.6 is 30.3 Å². The molecule has 0 spiro atoms. The Hall–Kier alpha value is -0.490. The van der Waals surface area contributed by atoms with Gasteiger partial charge in [0.15, 0.2) is 6.29 Å². The Morgan fingerprint density at radius 1 is 1.53 bits per heavy atom. The van der Waals surface area contributed by atoms with Gasteiger partial charge in [0.2, 0.25) is 0 Å². The van der Waals surface area contributed by atoms with Crippen molar-refractivity contribution in [2.24, 2.45) is 0 Å². The first-order valence-electron chi connectivity index (χ1n) is 5.65. The second-order valence-corrected chi connectivity index (χ2v) is 6.27. The Kier molecular flexibility index (Phi) is 2.94. The molecule has 1 saturated carbocycles. The molecule has 17 heavy (non-hydrogen) atoms. The van der Waals surface area contributed by atoms with Crippen LogP contribution in [0.1, 0.15) is 40.2 Å². The van der Waals surface area contributed by atoms with Crippen LogP contribution in [0.2, 0.25) is 0 Å². The van der Waals surface area contributed by atoms with Crippen LogP contribution < -0.4 is 0 Å². The maximum Gasteiger partial charge on any atom is 0.151 e. The molecule has 1 aliphatic rings. The lowest BCUT2D eigenvalue weighted by atomic mass is 9.97. The molecule has 2 aromatic rings. The standard InChI is InChI=1S/C13H12INOS/c1-8-6-11(9-2-3-9)12(7-16)10-4-5-15(17-14)13(8)10/h4-7,9H,2-3H2,1H3. The summed E-state index contributed by atoms with van der Waals surface area (Å²) in [6, 6.07) is 4.26. The van der Waals surface area contributed by atoms with Gasteiger partial charge in [0.05, 0.1) is 5.52 Å². The largest absolute Gasteiger partial charge is 0.298 e. The smallest absolute Gasteiger partial charge is 0.151 e. The first kappa shape index (κ1) is 11.6. The highest BCUT2D eigenvalue weighted by Gasteiger charge is 2.27. The third-order valence-corrected chi connectivity index (χ3v) is 5.13. The Balaban J connectivity index is 2.35. The summed E-state index contributed by atoms with van der Waals surface area (Å²) in [6.07, 6.45) is 5.52. The van der Waals surface area contributed by atoms with Gasteiger partial charge in [0.25, 0.3) is 0 Å². The zero-order valence-electron chi connectivity index (χ0n) is 9.44. The highest BCUT2D eigenvalue weighted by molar-refractivity contribution is 14.2. The molecule has 0 amide bonds. The van der Waals surface area contributed by atoms with Crippen molar-refractivity contribution in [3.63, 3.8) is 0 Å². The molecule has 1 heterocycles. The molecule has 0 unspecified atom stereocenters. The number of aldehydes is 1. The van der Waals surface area contributed by atoms with E-state index in [4.69, 9.17) is 0 Å². The second kappa shape index (κ2) is 4.31. The van der Waals surface area contributed by atoms with Gasteiger partial charge >= 0.3 is 0 Å². The lowest BCUT2D eigenvalue weighted by Crippen LogP contribution is -1.95. The number of carbonyl (C=O) groups excluding carboxylic acids is 1. The molecule has 88 valence electrons. The average molecular weight is 357 g/mol. The number of carbonyl (C=O) groups is 1. The van der Waals surface area contributed by atoms with E-state index in [0.29, 0.717) is 5.92 Å². The lowest BCUT2D eigenvalue weighted by Gasteiger charge is -2.09. The average Bonchev–Trinajstić information content (AvgIpc) is 3.08. The molecule has 1 aromatic heterocycles. The fourth-order valence-electron chi connectivity index (χ4n) is 2.47. The maximum atomic E-state index is 11.4. The number of hydrogen-bond donors (Lipinski definition) is 0. The van der Waals surface area contributed by atoms with Gasteiger partial charge in [-0.1, -0.05) is 6.07 Å². The summed E-state index contributed by atoms with van der Waals surface area (Å²) in [5, 5.41) is 1.10. The molecular weight excluding hydrogens is 345 g/mol. The number of halogens is 1. The van der Waals surface area contributed by atoms with Crippen molar-refractivity contribution in [1.29, 1.82) is 0 Å². The van der Waals surface area contributed by atoms with Gasteiger partial charge in [-0.25, -0.2) is 0 Å². The summed E-state index contributed by atoms with van der Waals surface area (Å²) < 4.78 is 2.12. The molecule has 3 rings (SSSR count). The fraction of sp³-hybridized carbons (Fsp3) is 0.308. The number of benzene rings is 1. The minimum Gasteiger partial charge on any atom is -0.298 e. The number of aryl methyl sites for hydroxylation is 1. The van der Waals surface area contributed by atoms with Gasteiger partial charge in [-0.05, 0) is 42.9 Å². The number of rotatable bonds is 3. The van der Waals surface area contributed by atoms with Crippen LogP contribution in [-0.4, -0.2) is 10.3 Å². The molecule has 0 aliphatic heterocycles. The van der Waals surface area contributed by atoms with E-state index in [2.05, 4.69) is 44.2 Å². The van der Waals surface area contributed by atoms with Crippen molar-refractivity contribution in [3.05, 3.63) is 35.0 Å². The maximum absolute atomic E-state index is 11.4. The molecule has 0 bridgehead atoms. The zero-order valence-corrected chi connectivity index (χ0v) is 12.4. The van der Waals surface area contributed by atoms with E-state index in [-0.39, 0.29) is 0 Å². The minimum absolute atomic E-state index is 0.619. The lowest BCUT2D eigenvalue weighted by molar-refractivity contribution is 0.112. The van der Waals surface area contributed by atoms with E-state index in [0.717, 1.165) is 17.2 Å². The predicted octanol–water partition coefficient (Wildman–Crippen LogP) is 4.49. The van der Waals surface area contributed by atoms with Gasteiger partial charge in [-0.15, -0.1) is 0 Å². The first-order chi connectivity index (χ1) is 8.26. The van der Waals surface area contributed by atoms with E-state index in [1.807, 2.05) is 6.20 Å². The quantitative estimate of drug-likeness (QED) is 0.597. The summed E-state index contributed by atoms with van der Waals surface area (Å²) in [7, 11) is 1.64.